The Kier molecular flexibility index (Phi) is 3.69. The van der Waals surface area contributed by atoms with Crippen LogP contribution in [0.5, 0.6) is 0 Å². The molecule has 2 heterocycles. The molecule has 0 unspecified atom stereocenters. The molecular formula is C15H20N4O. The molecule has 3 rings (SSSR count). The van der Waals surface area contributed by atoms with Crippen LogP contribution in [-0.4, -0.2) is 41.3 Å². The molecule has 0 aliphatic carbocycles. The summed E-state index contributed by atoms with van der Waals surface area (Å²) in [7, 11) is 2.18. The number of nitrogens with zero attached hydrogens (tertiary/aromatic N) is 3. The fraction of sp³-hybridized carbons (Fsp3) is 0.467. The number of rotatable bonds is 3. The Morgan fingerprint density at radius 2 is 2.10 bits per heavy atom. The SMILES string of the molecule is Cc1cc(-c2nnco2)ccc1NC1CCN(C)CC1. The van der Waals surface area contributed by atoms with Crippen molar-refractivity contribution in [2.75, 3.05) is 25.5 Å². The summed E-state index contributed by atoms with van der Waals surface area (Å²) in [6.07, 6.45) is 3.75. The molecule has 1 aromatic heterocycles. The fourth-order valence-electron chi connectivity index (χ4n) is 2.63. The summed E-state index contributed by atoms with van der Waals surface area (Å²) in [6, 6.07) is 6.79. The number of aryl methyl sites for hydroxylation is 1. The van der Waals surface area contributed by atoms with Crippen LogP contribution in [0.15, 0.2) is 29.0 Å². The number of nitrogens with one attached hydrogen (secondary N) is 1. The highest BCUT2D eigenvalue weighted by Gasteiger charge is 2.17. The molecule has 1 aromatic carbocycles. The number of piperidine rings is 1. The summed E-state index contributed by atoms with van der Waals surface area (Å²) in [4.78, 5) is 2.38. The lowest BCUT2D eigenvalue weighted by atomic mass is 10.0. The van der Waals surface area contributed by atoms with Gasteiger partial charge < -0.3 is 14.6 Å². The van der Waals surface area contributed by atoms with Gasteiger partial charge in [0.1, 0.15) is 0 Å². The molecule has 1 saturated heterocycles. The van der Waals surface area contributed by atoms with Crippen LogP contribution >= 0.6 is 0 Å². The Balaban J connectivity index is 1.71. The first-order chi connectivity index (χ1) is 9.72. The second kappa shape index (κ2) is 5.63. The minimum atomic E-state index is 0.568. The van der Waals surface area contributed by atoms with E-state index in [4.69, 9.17) is 4.42 Å². The number of likely N-dealkylation sites (tertiary alicyclic amines) is 1. The third kappa shape index (κ3) is 2.82. The number of aromatic nitrogens is 2. The van der Waals surface area contributed by atoms with Gasteiger partial charge in [0, 0.05) is 17.3 Å². The van der Waals surface area contributed by atoms with Crippen LogP contribution in [0.2, 0.25) is 0 Å². The topological polar surface area (TPSA) is 54.2 Å². The minimum Gasteiger partial charge on any atom is -0.423 e. The van der Waals surface area contributed by atoms with Crippen molar-refractivity contribution in [2.24, 2.45) is 0 Å². The van der Waals surface area contributed by atoms with E-state index in [1.165, 1.54) is 30.5 Å². The lowest BCUT2D eigenvalue weighted by Crippen LogP contribution is -2.36. The Labute approximate surface area is 119 Å². The normalized spacial score (nSPS) is 17.3. The lowest BCUT2D eigenvalue weighted by Gasteiger charge is -2.30. The highest BCUT2D eigenvalue weighted by molar-refractivity contribution is 5.62. The summed E-state index contributed by atoms with van der Waals surface area (Å²) in [6.45, 7) is 4.44. The average molecular weight is 272 g/mol. The molecule has 0 amide bonds. The zero-order valence-corrected chi connectivity index (χ0v) is 12.0. The van der Waals surface area contributed by atoms with Crippen molar-refractivity contribution in [1.82, 2.24) is 15.1 Å². The van der Waals surface area contributed by atoms with Crippen LogP contribution in [0.25, 0.3) is 11.5 Å². The molecule has 20 heavy (non-hydrogen) atoms. The Bertz CT molecular complexity index is 559. The van der Waals surface area contributed by atoms with Gasteiger partial charge >= 0.3 is 0 Å². The largest absolute Gasteiger partial charge is 0.423 e. The number of benzene rings is 1. The predicted molar refractivity (Wildman–Crippen MR) is 78.6 cm³/mol. The van der Waals surface area contributed by atoms with Crippen molar-refractivity contribution in [3.8, 4) is 11.5 Å². The molecule has 5 heteroatoms. The van der Waals surface area contributed by atoms with E-state index in [9.17, 15) is 0 Å². The van der Waals surface area contributed by atoms with Crippen molar-refractivity contribution >= 4 is 5.69 Å². The average Bonchev–Trinajstić information content (AvgIpc) is 2.97. The van der Waals surface area contributed by atoms with Gasteiger partial charge in [-0.15, -0.1) is 10.2 Å². The Morgan fingerprint density at radius 1 is 1.30 bits per heavy atom. The molecule has 2 aromatic rings. The first-order valence-corrected chi connectivity index (χ1v) is 7.04. The van der Waals surface area contributed by atoms with Crippen molar-refractivity contribution in [3.05, 3.63) is 30.2 Å². The molecule has 1 aliphatic rings. The fourth-order valence-corrected chi connectivity index (χ4v) is 2.63. The molecule has 0 bridgehead atoms. The lowest BCUT2D eigenvalue weighted by molar-refractivity contribution is 0.264. The van der Waals surface area contributed by atoms with Gasteiger partial charge in [-0.2, -0.15) is 0 Å². The molecule has 0 saturated carbocycles. The zero-order chi connectivity index (χ0) is 13.9. The van der Waals surface area contributed by atoms with E-state index in [-0.39, 0.29) is 0 Å². The molecule has 0 spiro atoms. The van der Waals surface area contributed by atoms with E-state index in [0.717, 1.165) is 18.7 Å². The van der Waals surface area contributed by atoms with Crippen LogP contribution in [0.1, 0.15) is 18.4 Å². The van der Waals surface area contributed by atoms with Gasteiger partial charge in [0.15, 0.2) is 0 Å². The van der Waals surface area contributed by atoms with E-state index in [0.29, 0.717) is 11.9 Å². The highest BCUT2D eigenvalue weighted by atomic mass is 16.4. The molecule has 5 nitrogen and oxygen atoms in total. The predicted octanol–water partition coefficient (Wildman–Crippen LogP) is 2.55. The highest BCUT2D eigenvalue weighted by Crippen LogP contribution is 2.25. The van der Waals surface area contributed by atoms with Gasteiger partial charge in [-0.1, -0.05) is 0 Å². The van der Waals surface area contributed by atoms with E-state index in [1.807, 2.05) is 6.07 Å². The summed E-state index contributed by atoms with van der Waals surface area (Å²) < 4.78 is 5.23. The van der Waals surface area contributed by atoms with Gasteiger partial charge in [-0.05, 0) is 63.7 Å². The summed E-state index contributed by atoms with van der Waals surface area (Å²) in [5, 5.41) is 11.3. The quantitative estimate of drug-likeness (QED) is 0.930. The number of hydrogen-bond acceptors (Lipinski definition) is 5. The smallest absolute Gasteiger partial charge is 0.247 e. The van der Waals surface area contributed by atoms with Crippen molar-refractivity contribution in [1.29, 1.82) is 0 Å². The van der Waals surface area contributed by atoms with Gasteiger partial charge in [0.05, 0.1) is 0 Å². The van der Waals surface area contributed by atoms with Crippen LogP contribution < -0.4 is 5.32 Å². The van der Waals surface area contributed by atoms with Gasteiger partial charge in [-0.25, -0.2) is 0 Å². The molecule has 1 N–H and O–H groups in total. The molecular weight excluding hydrogens is 252 g/mol. The minimum absolute atomic E-state index is 0.568. The second-order valence-corrected chi connectivity index (χ2v) is 5.50. The summed E-state index contributed by atoms with van der Waals surface area (Å²) in [5.74, 6) is 0.568. The van der Waals surface area contributed by atoms with Crippen LogP contribution in [0.3, 0.4) is 0 Å². The van der Waals surface area contributed by atoms with Crippen molar-refractivity contribution in [3.63, 3.8) is 0 Å². The van der Waals surface area contributed by atoms with Gasteiger partial charge in [-0.3, -0.25) is 0 Å². The monoisotopic (exact) mass is 272 g/mol. The summed E-state index contributed by atoms with van der Waals surface area (Å²) in [5.41, 5.74) is 3.37. The third-order valence-electron chi connectivity index (χ3n) is 3.91. The maximum Gasteiger partial charge on any atom is 0.247 e. The number of anilines is 1. The Morgan fingerprint density at radius 3 is 2.75 bits per heavy atom. The van der Waals surface area contributed by atoms with Gasteiger partial charge in [0.2, 0.25) is 12.3 Å². The van der Waals surface area contributed by atoms with Crippen LogP contribution in [-0.2, 0) is 0 Å². The molecule has 106 valence electrons. The third-order valence-corrected chi connectivity index (χ3v) is 3.91. The maximum atomic E-state index is 5.23. The van der Waals surface area contributed by atoms with Crippen molar-refractivity contribution < 1.29 is 4.42 Å². The van der Waals surface area contributed by atoms with Gasteiger partial charge in [0.25, 0.3) is 0 Å². The van der Waals surface area contributed by atoms with E-state index in [2.05, 4.69) is 46.5 Å². The molecule has 1 aliphatic heterocycles. The van der Waals surface area contributed by atoms with Crippen LogP contribution in [0, 0.1) is 6.92 Å². The molecule has 0 radical (unpaired) electrons. The maximum absolute atomic E-state index is 5.23. The van der Waals surface area contributed by atoms with E-state index < -0.39 is 0 Å². The standard InChI is InChI=1S/C15H20N4O/c1-11-9-12(15-18-16-10-20-15)3-4-14(11)17-13-5-7-19(2)8-6-13/h3-4,9-10,13,17H,5-8H2,1-2H3. The zero-order valence-electron chi connectivity index (χ0n) is 12.0. The molecule has 1 fully saturated rings. The number of hydrogen-bond donors (Lipinski definition) is 1. The van der Waals surface area contributed by atoms with Crippen molar-refractivity contribution in [2.45, 2.75) is 25.8 Å². The second-order valence-electron chi connectivity index (χ2n) is 5.50. The van der Waals surface area contributed by atoms with E-state index in [1.54, 1.807) is 0 Å². The van der Waals surface area contributed by atoms with E-state index >= 15 is 0 Å². The molecule has 0 atom stereocenters. The first-order valence-electron chi connectivity index (χ1n) is 7.04. The van der Waals surface area contributed by atoms with Crippen LogP contribution in [0.4, 0.5) is 5.69 Å². The summed E-state index contributed by atoms with van der Waals surface area (Å²) >= 11 is 0. The first kappa shape index (κ1) is 13.1. The Hall–Kier alpha value is -1.88.